The molecular formula is C57H98O6. The van der Waals surface area contributed by atoms with E-state index in [1.807, 2.05) is 0 Å². The zero-order chi connectivity index (χ0) is 45.8. The molecule has 0 fully saturated rings. The Bertz CT molecular complexity index is 1190. The highest BCUT2D eigenvalue weighted by Gasteiger charge is 2.19. The third kappa shape index (κ3) is 49.7. The maximum atomic E-state index is 12.8. The predicted molar refractivity (Wildman–Crippen MR) is 270 cm³/mol. The Morgan fingerprint density at radius 1 is 0.349 bits per heavy atom. The fourth-order valence-electron chi connectivity index (χ4n) is 7.21. The minimum Gasteiger partial charge on any atom is -0.462 e. The van der Waals surface area contributed by atoms with Gasteiger partial charge in [-0.05, 0) is 103 Å². The van der Waals surface area contributed by atoms with Crippen LogP contribution in [-0.2, 0) is 28.6 Å². The van der Waals surface area contributed by atoms with Crippen molar-refractivity contribution in [2.75, 3.05) is 13.2 Å². The third-order valence-corrected chi connectivity index (χ3v) is 11.2. The van der Waals surface area contributed by atoms with Gasteiger partial charge in [0.25, 0.3) is 0 Å². The van der Waals surface area contributed by atoms with Crippen molar-refractivity contribution < 1.29 is 28.6 Å². The minimum absolute atomic E-state index is 0.0968. The van der Waals surface area contributed by atoms with Crippen LogP contribution in [0.15, 0.2) is 72.9 Å². The van der Waals surface area contributed by atoms with Crippen molar-refractivity contribution in [2.45, 2.75) is 258 Å². The van der Waals surface area contributed by atoms with Crippen molar-refractivity contribution >= 4 is 17.9 Å². The molecule has 0 saturated carbocycles. The lowest BCUT2D eigenvalue weighted by Gasteiger charge is -2.18. The Morgan fingerprint density at radius 3 is 1.14 bits per heavy atom. The lowest BCUT2D eigenvalue weighted by atomic mass is 10.1. The fourth-order valence-corrected chi connectivity index (χ4v) is 7.21. The minimum atomic E-state index is -0.800. The molecule has 0 N–H and O–H groups in total. The van der Waals surface area contributed by atoms with Crippen LogP contribution in [0.1, 0.15) is 252 Å². The summed E-state index contributed by atoms with van der Waals surface area (Å²) in [5, 5.41) is 0. The molecule has 0 saturated heterocycles. The number of ether oxygens (including phenoxy) is 3. The van der Waals surface area contributed by atoms with E-state index in [1.54, 1.807) is 0 Å². The van der Waals surface area contributed by atoms with E-state index in [9.17, 15) is 14.4 Å². The highest BCUT2D eigenvalue weighted by atomic mass is 16.6. The highest BCUT2D eigenvalue weighted by Crippen LogP contribution is 2.14. The van der Waals surface area contributed by atoms with Gasteiger partial charge in [-0.1, -0.05) is 203 Å². The van der Waals surface area contributed by atoms with Crippen molar-refractivity contribution in [3.63, 3.8) is 0 Å². The van der Waals surface area contributed by atoms with Gasteiger partial charge in [-0.2, -0.15) is 0 Å². The molecule has 362 valence electrons. The van der Waals surface area contributed by atoms with Crippen molar-refractivity contribution in [2.24, 2.45) is 0 Å². The first-order valence-electron chi connectivity index (χ1n) is 26.5. The van der Waals surface area contributed by atoms with E-state index in [2.05, 4.69) is 93.7 Å². The number of unbranched alkanes of at least 4 members (excludes halogenated alkanes) is 25. The number of carbonyl (C=O) groups is 3. The van der Waals surface area contributed by atoms with Crippen molar-refractivity contribution in [3.8, 4) is 0 Å². The lowest BCUT2D eigenvalue weighted by molar-refractivity contribution is -0.167. The number of hydrogen-bond acceptors (Lipinski definition) is 6. The number of hydrogen-bond donors (Lipinski definition) is 0. The second-order valence-corrected chi connectivity index (χ2v) is 17.4. The molecule has 0 rings (SSSR count). The molecular weight excluding hydrogens is 781 g/mol. The van der Waals surface area contributed by atoms with Crippen LogP contribution in [-0.4, -0.2) is 37.2 Å². The van der Waals surface area contributed by atoms with Crippen molar-refractivity contribution in [1.29, 1.82) is 0 Å². The van der Waals surface area contributed by atoms with E-state index in [0.717, 1.165) is 96.3 Å². The first-order valence-corrected chi connectivity index (χ1v) is 26.5. The summed E-state index contributed by atoms with van der Waals surface area (Å²) in [6.45, 7) is 6.45. The molecule has 63 heavy (non-hydrogen) atoms. The summed E-state index contributed by atoms with van der Waals surface area (Å²) in [5.41, 5.74) is 0. The maximum Gasteiger partial charge on any atom is 0.306 e. The van der Waals surface area contributed by atoms with Gasteiger partial charge in [0.2, 0.25) is 0 Å². The number of allylic oxidation sites excluding steroid dienone is 12. The van der Waals surface area contributed by atoms with Gasteiger partial charge in [0.15, 0.2) is 6.10 Å². The normalized spacial score (nSPS) is 12.6. The molecule has 0 aliphatic rings. The monoisotopic (exact) mass is 879 g/mol. The van der Waals surface area contributed by atoms with E-state index in [4.69, 9.17) is 14.2 Å². The summed E-state index contributed by atoms with van der Waals surface area (Å²) in [4.78, 5) is 38.0. The Balaban J connectivity index is 4.42. The van der Waals surface area contributed by atoms with E-state index in [1.165, 1.54) is 116 Å². The van der Waals surface area contributed by atoms with Gasteiger partial charge >= 0.3 is 17.9 Å². The van der Waals surface area contributed by atoms with E-state index < -0.39 is 6.10 Å². The van der Waals surface area contributed by atoms with Crippen molar-refractivity contribution in [1.82, 2.24) is 0 Å². The Kier molecular flexibility index (Phi) is 48.9. The van der Waals surface area contributed by atoms with Gasteiger partial charge < -0.3 is 14.2 Å². The zero-order valence-electron chi connectivity index (χ0n) is 41.3. The standard InChI is InChI=1S/C57H98O6/c1-4-7-10-13-16-19-22-25-27-28-29-31-32-35-38-41-44-47-50-56(59)62-53-54(52-61-55(58)49-46-43-40-37-34-24-21-18-15-12-9-6-3)63-57(60)51-48-45-42-39-36-33-30-26-23-20-17-14-11-8-5-2/h9,12,17-18,20-21,23,26,29,31,34,37,54H,4-8,10-11,13-16,19,22,24-25,27-28,30,32-33,35-36,38-53H2,1-3H3/b12-9-,20-17-,21-18-,26-23-,31-29-,37-34-. The maximum absolute atomic E-state index is 12.8. The molecule has 1 atom stereocenters. The molecule has 0 aliphatic carbocycles. The summed E-state index contributed by atoms with van der Waals surface area (Å²) in [6, 6.07) is 0. The molecule has 0 amide bonds. The fraction of sp³-hybridized carbons (Fsp3) is 0.737. The third-order valence-electron chi connectivity index (χ3n) is 11.2. The van der Waals surface area contributed by atoms with Gasteiger partial charge in [0.1, 0.15) is 13.2 Å². The molecule has 0 bridgehead atoms. The summed E-state index contributed by atoms with van der Waals surface area (Å²) < 4.78 is 16.8. The first kappa shape index (κ1) is 59.9. The summed E-state index contributed by atoms with van der Waals surface area (Å²) in [6.07, 6.45) is 64.6. The van der Waals surface area contributed by atoms with Gasteiger partial charge in [-0.3, -0.25) is 14.4 Å². The number of esters is 3. The van der Waals surface area contributed by atoms with Crippen LogP contribution < -0.4 is 0 Å². The second-order valence-electron chi connectivity index (χ2n) is 17.4. The van der Waals surface area contributed by atoms with E-state index >= 15 is 0 Å². The molecule has 6 heteroatoms. The first-order chi connectivity index (χ1) is 31.0. The Hall–Kier alpha value is -3.15. The van der Waals surface area contributed by atoms with Gasteiger partial charge in [0.05, 0.1) is 0 Å². The van der Waals surface area contributed by atoms with Crippen LogP contribution in [0.4, 0.5) is 0 Å². The average Bonchev–Trinajstić information content (AvgIpc) is 3.28. The van der Waals surface area contributed by atoms with Crippen LogP contribution >= 0.6 is 0 Å². The quantitative estimate of drug-likeness (QED) is 0.0199. The smallest absolute Gasteiger partial charge is 0.306 e. The molecule has 0 aromatic carbocycles. The molecule has 0 spiro atoms. The highest BCUT2D eigenvalue weighted by molar-refractivity contribution is 5.71. The van der Waals surface area contributed by atoms with Gasteiger partial charge in [-0.15, -0.1) is 0 Å². The zero-order valence-corrected chi connectivity index (χ0v) is 41.3. The van der Waals surface area contributed by atoms with Crippen LogP contribution in [0.3, 0.4) is 0 Å². The number of rotatable bonds is 47. The molecule has 0 aromatic rings. The van der Waals surface area contributed by atoms with Gasteiger partial charge in [-0.25, -0.2) is 0 Å². The number of carbonyl (C=O) groups excluding carboxylic acids is 3. The van der Waals surface area contributed by atoms with E-state index in [-0.39, 0.29) is 31.1 Å². The lowest BCUT2D eigenvalue weighted by Crippen LogP contribution is -2.30. The average molecular weight is 879 g/mol. The Labute approximate surface area is 389 Å². The molecule has 0 radical (unpaired) electrons. The van der Waals surface area contributed by atoms with Crippen molar-refractivity contribution in [3.05, 3.63) is 72.9 Å². The van der Waals surface area contributed by atoms with Crippen LogP contribution in [0.5, 0.6) is 0 Å². The summed E-state index contributed by atoms with van der Waals surface area (Å²) in [5.74, 6) is -0.955. The van der Waals surface area contributed by atoms with Crippen LogP contribution in [0.2, 0.25) is 0 Å². The topological polar surface area (TPSA) is 78.9 Å². The molecule has 6 nitrogen and oxygen atoms in total. The predicted octanol–water partition coefficient (Wildman–Crippen LogP) is 17.4. The van der Waals surface area contributed by atoms with Gasteiger partial charge in [0, 0.05) is 19.3 Å². The summed E-state index contributed by atoms with van der Waals surface area (Å²) in [7, 11) is 0. The molecule has 1 unspecified atom stereocenters. The van der Waals surface area contributed by atoms with E-state index in [0.29, 0.717) is 19.3 Å². The van der Waals surface area contributed by atoms with Crippen LogP contribution in [0, 0.1) is 0 Å². The second kappa shape index (κ2) is 51.5. The van der Waals surface area contributed by atoms with Crippen LogP contribution in [0.25, 0.3) is 0 Å². The largest absolute Gasteiger partial charge is 0.462 e. The molecule has 0 aliphatic heterocycles. The summed E-state index contributed by atoms with van der Waals surface area (Å²) >= 11 is 0. The SMILES string of the molecule is CC/C=C\C/C=C\C/C=C\CCCCC(=O)OCC(COC(=O)CCCCCCC/C=C\CCCCCCCCCCC)OC(=O)CCCCCCCC/C=C\C=C/CCCCC. The Morgan fingerprint density at radius 2 is 0.667 bits per heavy atom. The molecule has 0 aromatic heterocycles. The molecule has 0 heterocycles.